The molecular formula is C24H32N4O3S2. The minimum atomic E-state index is -0.255. The molecule has 0 aliphatic carbocycles. The van der Waals surface area contributed by atoms with E-state index in [1.54, 1.807) is 23.5 Å². The van der Waals surface area contributed by atoms with Gasteiger partial charge in [-0.05, 0) is 50.2 Å². The highest BCUT2D eigenvalue weighted by Crippen LogP contribution is 2.36. The molecule has 2 aliphatic rings. The Morgan fingerprint density at radius 2 is 1.97 bits per heavy atom. The van der Waals surface area contributed by atoms with Crippen molar-refractivity contribution in [1.29, 1.82) is 5.26 Å². The summed E-state index contributed by atoms with van der Waals surface area (Å²) in [6, 6.07) is 2.11. The van der Waals surface area contributed by atoms with Gasteiger partial charge in [-0.2, -0.15) is 5.26 Å². The fourth-order valence-electron chi connectivity index (χ4n) is 4.33. The standard InChI is InChI=1S/C24H32N4O3S2/c1-5-9-27-21(26-11-7-16(2)8-12-26)18(17(3)19(15-25)22(27)29)14-20-23(30)28(24(32)33-20)10-6-13-31-4/h14,16H,5-13H2,1-4H3/b20-14-. The molecule has 2 saturated heterocycles. The van der Waals surface area contributed by atoms with Crippen molar-refractivity contribution in [3.05, 3.63) is 31.9 Å². The number of amides is 1. The van der Waals surface area contributed by atoms with E-state index in [-0.39, 0.29) is 17.0 Å². The molecule has 3 heterocycles. The van der Waals surface area contributed by atoms with E-state index >= 15 is 0 Å². The Bertz CT molecular complexity index is 1050. The maximum Gasteiger partial charge on any atom is 0.270 e. The molecule has 0 radical (unpaired) electrons. The summed E-state index contributed by atoms with van der Waals surface area (Å²) in [6.45, 7) is 9.33. The van der Waals surface area contributed by atoms with Gasteiger partial charge in [-0.15, -0.1) is 0 Å². The zero-order valence-electron chi connectivity index (χ0n) is 19.8. The molecule has 0 saturated carbocycles. The van der Waals surface area contributed by atoms with E-state index in [1.807, 2.05) is 13.0 Å². The highest BCUT2D eigenvalue weighted by Gasteiger charge is 2.33. The molecule has 9 heteroatoms. The molecule has 1 aromatic heterocycles. The molecular weight excluding hydrogens is 456 g/mol. The molecule has 178 valence electrons. The maximum absolute atomic E-state index is 13.2. The third-order valence-electron chi connectivity index (χ3n) is 6.26. The highest BCUT2D eigenvalue weighted by atomic mass is 32.2. The number of hydrogen-bond acceptors (Lipinski definition) is 7. The fraction of sp³-hybridized carbons (Fsp3) is 0.583. The van der Waals surface area contributed by atoms with Crippen molar-refractivity contribution in [3.63, 3.8) is 0 Å². The van der Waals surface area contributed by atoms with Crippen LogP contribution in [0, 0.1) is 24.2 Å². The van der Waals surface area contributed by atoms with Gasteiger partial charge in [-0.25, -0.2) is 0 Å². The van der Waals surface area contributed by atoms with Crippen LogP contribution in [0.15, 0.2) is 9.70 Å². The smallest absolute Gasteiger partial charge is 0.270 e. The largest absolute Gasteiger partial charge is 0.385 e. The number of thiocarbonyl (C=S) groups is 1. The number of nitriles is 1. The molecule has 0 N–H and O–H groups in total. The van der Waals surface area contributed by atoms with Crippen LogP contribution in [0.3, 0.4) is 0 Å². The van der Waals surface area contributed by atoms with E-state index in [0.29, 0.717) is 46.8 Å². The average molecular weight is 489 g/mol. The minimum absolute atomic E-state index is 0.134. The van der Waals surface area contributed by atoms with Crippen molar-refractivity contribution < 1.29 is 9.53 Å². The molecule has 1 amide bonds. The Labute approximate surface area is 205 Å². The number of anilines is 1. The lowest BCUT2D eigenvalue weighted by atomic mass is 9.97. The first-order valence-corrected chi connectivity index (χ1v) is 12.7. The van der Waals surface area contributed by atoms with E-state index in [1.165, 1.54) is 11.8 Å². The van der Waals surface area contributed by atoms with Gasteiger partial charge >= 0.3 is 0 Å². The number of hydrogen-bond donors (Lipinski definition) is 0. The number of carbonyl (C=O) groups is 1. The molecule has 0 bridgehead atoms. The van der Waals surface area contributed by atoms with E-state index in [2.05, 4.69) is 17.9 Å². The predicted octanol–water partition coefficient (Wildman–Crippen LogP) is 3.91. The number of thioether (sulfide) groups is 1. The fourth-order valence-corrected chi connectivity index (χ4v) is 5.62. The van der Waals surface area contributed by atoms with Gasteiger partial charge < -0.3 is 9.64 Å². The summed E-state index contributed by atoms with van der Waals surface area (Å²) < 4.78 is 7.36. The highest BCUT2D eigenvalue weighted by molar-refractivity contribution is 8.26. The van der Waals surface area contributed by atoms with Gasteiger partial charge in [0.1, 0.15) is 21.8 Å². The molecule has 2 fully saturated rings. The summed E-state index contributed by atoms with van der Waals surface area (Å²) in [4.78, 5) is 30.8. The lowest BCUT2D eigenvalue weighted by Gasteiger charge is -2.35. The molecule has 0 spiro atoms. The maximum atomic E-state index is 13.2. The lowest BCUT2D eigenvalue weighted by Crippen LogP contribution is -2.39. The third kappa shape index (κ3) is 5.34. The van der Waals surface area contributed by atoms with Crippen molar-refractivity contribution in [2.75, 3.05) is 38.3 Å². The van der Waals surface area contributed by atoms with Crippen LogP contribution in [0.1, 0.15) is 56.2 Å². The summed E-state index contributed by atoms with van der Waals surface area (Å²) in [5.74, 6) is 1.32. The van der Waals surface area contributed by atoms with Crippen molar-refractivity contribution in [2.45, 2.75) is 53.0 Å². The molecule has 0 aromatic carbocycles. The van der Waals surface area contributed by atoms with Crippen LogP contribution in [-0.4, -0.2) is 53.0 Å². The average Bonchev–Trinajstić information content (AvgIpc) is 3.06. The number of ether oxygens (including phenoxy) is 1. The number of piperidine rings is 1. The Hall–Kier alpha value is -2.15. The number of pyridine rings is 1. The Balaban J connectivity index is 2.13. The van der Waals surface area contributed by atoms with E-state index in [0.717, 1.165) is 43.7 Å². The topological polar surface area (TPSA) is 78.6 Å². The van der Waals surface area contributed by atoms with Crippen molar-refractivity contribution in [1.82, 2.24) is 9.47 Å². The van der Waals surface area contributed by atoms with Gasteiger partial charge in [0.25, 0.3) is 11.5 Å². The Kier molecular flexibility index (Phi) is 8.74. The van der Waals surface area contributed by atoms with Crippen molar-refractivity contribution >= 4 is 46.1 Å². The lowest BCUT2D eigenvalue weighted by molar-refractivity contribution is -0.122. The van der Waals surface area contributed by atoms with Crippen LogP contribution < -0.4 is 10.5 Å². The molecule has 1 aromatic rings. The van der Waals surface area contributed by atoms with Gasteiger partial charge in [0.05, 0.1) is 4.91 Å². The summed E-state index contributed by atoms with van der Waals surface area (Å²) in [7, 11) is 1.63. The van der Waals surface area contributed by atoms with Crippen LogP contribution in [0.5, 0.6) is 0 Å². The van der Waals surface area contributed by atoms with Crippen LogP contribution in [0.25, 0.3) is 6.08 Å². The first-order chi connectivity index (χ1) is 15.8. The van der Waals surface area contributed by atoms with Crippen molar-refractivity contribution in [2.24, 2.45) is 5.92 Å². The Morgan fingerprint density at radius 3 is 2.58 bits per heavy atom. The number of carbonyl (C=O) groups excluding carboxylic acids is 1. The minimum Gasteiger partial charge on any atom is -0.385 e. The first kappa shape index (κ1) is 25.5. The molecule has 7 nitrogen and oxygen atoms in total. The summed E-state index contributed by atoms with van der Waals surface area (Å²) in [5.41, 5.74) is 1.27. The SMILES string of the molecule is CCCn1c(N2CCC(C)CC2)c(/C=C2\SC(=S)N(CCCOC)C2=O)c(C)c(C#N)c1=O. The summed E-state index contributed by atoms with van der Waals surface area (Å²) in [6.07, 6.45) is 5.39. The van der Waals surface area contributed by atoms with E-state index < -0.39 is 0 Å². The van der Waals surface area contributed by atoms with Crippen LogP contribution in [0.2, 0.25) is 0 Å². The van der Waals surface area contributed by atoms with E-state index in [9.17, 15) is 14.9 Å². The van der Waals surface area contributed by atoms with Gasteiger partial charge in [0.2, 0.25) is 0 Å². The molecule has 0 atom stereocenters. The number of methoxy groups -OCH3 is 1. The van der Waals surface area contributed by atoms with E-state index in [4.69, 9.17) is 17.0 Å². The zero-order chi connectivity index (χ0) is 24.1. The second-order valence-corrected chi connectivity index (χ2v) is 10.3. The normalized spacial score (nSPS) is 18.5. The number of nitrogens with zero attached hydrogens (tertiary/aromatic N) is 4. The quantitative estimate of drug-likeness (QED) is 0.312. The first-order valence-electron chi connectivity index (χ1n) is 11.5. The second kappa shape index (κ2) is 11.3. The zero-order valence-corrected chi connectivity index (χ0v) is 21.5. The van der Waals surface area contributed by atoms with Crippen LogP contribution in [0.4, 0.5) is 5.82 Å². The van der Waals surface area contributed by atoms with Gasteiger partial charge in [0, 0.05) is 45.5 Å². The van der Waals surface area contributed by atoms with Gasteiger partial charge in [-0.1, -0.05) is 37.8 Å². The van der Waals surface area contributed by atoms with Crippen molar-refractivity contribution in [3.8, 4) is 6.07 Å². The number of aromatic nitrogens is 1. The summed E-state index contributed by atoms with van der Waals surface area (Å²) in [5, 5.41) is 9.76. The number of rotatable bonds is 8. The molecule has 0 unspecified atom stereocenters. The van der Waals surface area contributed by atoms with Gasteiger partial charge in [-0.3, -0.25) is 19.1 Å². The molecule has 3 rings (SSSR count). The third-order valence-corrected chi connectivity index (χ3v) is 7.63. The summed E-state index contributed by atoms with van der Waals surface area (Å²) >= 11 is 6.74. The molecule has 33 heavy (non-hydrogen) atoms. The monoisotopic (exact) mass is 488 g/mol. The predicted molar refractivity (Wildman–Crippen MR) is 137 cm³/mol. The van der Waals surface area contributed by atoms with Gasteiger partial charge in [0.15, 0.2) is 0 Å². The second-order valence-electron chi connectivity index (χ2n) is 8.66. The van der Waals surface area contributed by atoms with Crippen LogP contribution in [-0.2, 0) is 16.1 Å². The van der Waals surface area contributed by atoms with Crippen LogP contribution >= 0.6 is 24.0 Å². The Morgan fingerprint density at radius 1 is 1.27 bits per heavy atom. The molecule has 2 aliphatic heterocycles.